The molecule has 4 rings (SSSR count). The van der Waals surface area contributed by atoms with Gasteiger partial charge in [0.25, 0.3) is 0 Å². The topological polar surface area (TPSA) is 51.0 Å². The fourth-order valence-corrected chi connectivity index (χ4v) is 4.06. The molecule has 3 aromatic rings. The van der Waals surface area contributed by atoms with Gasteiger partial charge in [0.1, 0.15) is 5.82 Å². The summed E-state index contributed by atoms with van der Waals surface area (Å²) in [5, 5.41) is 9.62. The second-order valence-electron chi connectivity index (χ2n) is 6.97. The number of benzene rings is 2. The third kappa shape index (κ3) is 4.28. The van der Waals surface area contributed by atoms with Crippen LogP contribution in [0.2, 0.25) is 0 Å². The van der Waals surface area contributed by atoms with E-state index in [1.165, 1.54) is 11.8 Å². The van der Waals surface area contributed by atoms with Crippen LogP contribution in [0.3, 0.4) is 0 Å². The maximum atomic E-state index is 12.8. The van der Waals surface area contributed by atoms with Crippen LogP contribution in [0.25, 0.3) is 5.69 Å². The van der Waals surface area contributed by atoms with Gasteiger partial charge in [0.05, 0.1) is 5.75 Å². The molecule has 0 unspecified atom stereocenters. The van der Waals surface area contributed by atoms with Gasteiger partial charge in [-0.25, -0.2) is 0 Å². The summed E-state index contributed by atoms with van der Waals surface area (Å²) in [5.74, 6) is 1.98. The van der Waals surface area contributed by atoms with Crippen LogP contribution >= 0.6 is 11.8 Å². The molecule has 28 heavy (non-hydrogen) atoms. The van der Waals surface area contributed by atoms with Crippen molar-refractivity contribution in [2.24, 2.45) is 0 Å². The second-order valence-corrected chi connectivity index (χ2v) is 7.91. The van der Waals surface area contributed by atoms with E-state index in [-0.39, 0.29) is 5.91 Å². The zero-order valence-corrected chi connectivity index (χ0v) is 16.8. The molecule has 144 valence electrons. The number of aromatic nitrogens is 3. The first-order valence-electron chi connectivity index (χ1n) is 9.71. The van der Waals surface area contributed by atoms with E-state index in [0.29, 0.717) is 24.8 Å². The van der Waals surface area contributed by atoms with Gasteiger partial charge in [0.2, 0.25) is 5.91 Å². The van der Waals surface area contributed by atoms with Gasteiger partial charge in [0, 0.05) is 24.7 Å². The Morgan fingerprint density at radius 3 is 2.39 bits per heavy atom. The van der Waals surface area contributed by atoms with Crippen molar-refractivity contribution < 1.29 is 4.79 Å². The van der Waals surface area contributed by atoms with Crippen LogP contribution in [0.5, 0.6) is 0 Å². The minimum Gasteiger partial charge on any atom is -0.338 e. The molecule has 1 heterocycles. The van der Waals surface area contributed by atoms with Crippen LogP contribution in [0.4, 0.5) is 0 Å². The van der Waals surface area contributed by atoms with Crippen LogP contribution in [0.15, 0.2) is 65.8 Å². The normalized spacial score (nSPS) is 13.5. The largest absolute Gasteiger partial charge is 0.338 e. The molecular weight excluding hydrogens is 368 g/mol. The van der Waals surface area contributed by atoms with Crippen molar-refractivity contribution in [1.82, 2.24) is 19.7 Å². The highest BCUT2D eigenvalue weighted by molar-refractivity contribution is 7.99. The molecular formula is C22H24N4OS. The molecule has 0 N–H and O–H groups in total. The highest BCUT2D eigenvalue weighted by Gasteiger charge is 2.31. The number of rotatable bonds is 8. The Morgan fingerprint density at radius 1 is 1.07 bits per heavy atom. The van der Waals surface area contributed by atoms with Gasteiger partial charge in [0.15, 0.2) is 5.16 Å². The Balaban J connectivity index is 1.48. The summed E-state index contributed by atoms with van der Waals surface area (Å²) in [6, 6.07) is 20.3. The summed E-state index contributed by atoms with van der Waals surface area (Å²) in [5.41, 5.74) is 2.20. The van der Waals surface area contributed by atoms with E-state index in [2.05, 4.69) is 39.0 Å². The average molecular weight is 393 g/mol. The van der Waals surface area contributed by atoms with Gasteiger partial charge in [-0.15, -0.1) is 10.2 Å². The SMILES string of the molecule is CCN(Cc1ccccc1)C(=O)CSc1nnc(C2CC2)n1-c1ccccc1. The van der Waals surface area contributed by atoms with E-state index < -0.39 is 0 Å². The standard InChI is InChI=1S/C22H24N4OS/c1-2-25(15-17-9-5-3-6-10-17)20(27)16-28-22-24-23-21(18-13-14-18)26(22)19-11-7-4-8-12-19/h3-12,18H,2,13-16H2,1H3. The van der Waals surface area contributed by atoms with Crippen LogP contribution in [0, 0.1) is 0 Å². The summed E-state index contributed by atoms with van der Waals surface area (Å²) < 4.78 is 2.11. The number of thioether (sulfide) groups is 1. The minimum atomic E-state index is 0.118. The number of carbonyl (C=O) groups excluding carboxylic acids is 1. The third-order valence-electron chi connectivity index (χ3n) is 4.89. The summed E-state index contributed by atoms with van der Waals surface area (Å²) in [7, 11) is 0. The average Bonchev–Trinajstić information content (AvgIpc) is 3.51. The van der Waals surface area contributed by atoms with E-state index >= 15 is 0 Å². The number of carbonyl (C=O) groups is 1. The zero-order valence-electron chi connectivity index (χ0n) is 16.0. The molecule has 1 fully saturated rings. The molecule has 0 spiro atoms. The van der Waals surface area contributed by atoms with Crippen molar-refractivity contribution >= 4 is 17.7 Å². The fourth-order valence-electron chi connectivity index (χ4n) is 3.20. The van der Waals surface area contributed by atoms with E-state index in [0.717, 1.165) is 35.1 Å². The minimum absolute atomic E-state index is 0.118. The monoisotopic (exact) mass is 392 g/mol. The number of hydrogen-bond acceptors (Lipinski definition) is 4. The molecule has 1 amide bonds. The van der Waals surface area contributed by atoms with Crippen LogP contribution in [-0.4, -0.2) is 37.9 Å². The zero-order chi connectivity index (χ0) is 19.3. The van der Waals surface area contributed by atoms with Gasteiger partial charge < -0.3 is 4.90 Å². The molecule has 0 radical (unpaired) electrons. The molecule has 2 aromatic carbocycles. The number of hydrogen-bond donors (Lipinski definition) is 0. The predicted octanol–water partition coefficient (Wildman–Crippen LogP) is 4.29. The van der Waals surface area contributed by atoms with Crippen molar-refractivity contribution in [3.8, 4) is 5.69 Å². The first-order chi connectivity index (χ1) is 13.8. The molecule has 1 aliphatic rings. The Labute approximate surface area is 169 Å². The van der Waals surface area contributed by atoms with Gasteiger partial charge in [-0.05, 0) is 37.5 Å². The highest BCUT2D eigenvalue weighted by atomic mass is 32.2. The Hall–Kier alpha value is -2.60. The first-order valence-corrected chi connectivity index (χ1v) is 10.7. The molecule has 0 saturated heterocycles. The van der Waals surface area contributed by atoms with Gasteiger partial charge >= 0.3 is 0 Å². The lowest BCUT2D eigenvalue weighted by Crippen LogP contribution is -2.31. The lowest BCUT2D eigenvalue weighted by atomic mass is 10.2. The van der Waals surface area contributed by atoms with Crippen LogP contribution in [0.1, 0.15) is 37.1 Å². The number of para-hydroxylation sites is 1. The first kappa shape index (κ1) is 18.7. The summed E-state index contributed by atoms with van der Waals surface area (Å²) in [6.07, 6.45) is 2.32. The smallest absolute Gasteiger partial charge is 0.233 e. The van der Waals surface area contributed by atoms with Crippen LogP contribution in [-0.2, 0) is 11.3 Å². The quantitative estimate of drug-likeness (QED) is 0.537. The Morgan fingerprint density at radius 2 is 1.75 bits per heavy atom. The lowest BCUT2D eigenvalue weighted by molar-refractivity contribution is -0.128. The van der Waals surface area contributed by atoms with Crippen molar-refractivity contribution in [3.63, 3.8) is 0 Å². The van der Waals surface area contributed by atoms with Crippen molar-refractivity contribution in [3.05, 3.63) is 72.1 Å². The maximum Gasteiger partial charge on any atom is 0.233 e. The van der Waals surface area contributed by atoms with E-state index in [9.17, 15) is 4.79 Å². The van der Waals surface area contributed by atoms with Gasteiger partial charge in [-0.1, -0.05) is 60.3 Å². The molecule has 5 nitrogen and oxygen atoms in total. The van der Waals surface area contributed by atoms with E-state index in [1.54, 1.807) is 0 Å². The highest BCUT2D eigenvalue weighted by Crippen LogP contribution is 2.41. The predicted molar refractivity (Wildman–Crippen MR) is 112 cm³/mol. The summed E-state index contributed by atoms with van der Waals surface area (Å²) in [4.78, 5) is 14.7. The molecule has 0 atom stereocenters. The van der Waals surface area contributed by atoms with E-state index in [1.807, 2.05) is 48.2 Å². The number of nitrogens with zero attached hydrogens (tertiary/aromatic N) is 4. The maximum absolute atomic E-state index is 12.8. The summed E-state index contributed by atoms with van der Waals surface area (Å²) >= 11 is 1.47. The van der Waals surface area contributed by atoms with Gasteiger partial charge in [-0.2, -0.15) is 0 Å². The van der Waals surface area contributed by atoms with Crippen molar-refractivity contribution in [2.45, 2.75) is 37.4 Å². The molecule has 1 aliphatic carbocycles. The summed E-state index contributed by atoms with van der Waals surface area (Å²) in [6.45, 7) is 3.34. The number of amides is 1. The van der Waals surface area contributed by atoms with Gasteiger partial charge in [-0.3, -0.25) is 9.36 Å². The Bertz CT molecular complexity index is 922. The van der Waals surface area contributed by atoms with Crippen molar-refractivity contribution in [1.29, 1.82) is 0 Å². The third-order valence-corrected chi connectivity index (χ3v) is 5.80. The molecule has 1 aromatic heterocycles. The second kappa shape index (κ2) is 8.61. The van der Waals surface area contributed by atoms with E-state index in [4.69, 9.17) is 0 Å². The van der Waals surface area contributed by atoms with Crippen molar-refractivity contribution in [2.75, 3.05) is 12.3 Å². The molecule has 0 bridgehead atoms. The lowest BCUT2D eigenvalue weighted by Gasteiger charge is -2.21. The fraction of sp³-hybridized carbons (Fsp3) is 0.318. The molecule has 6 heteroatoms. The molecule has 0 aliphatic heterocycles. The Kier molecular flexibility index (Phi) is 5.76. The van der Waals surface area contributed by atoms with Crippen LogP contribution < -0.4 is 0 Å². The molecule has 1 saturated carbocycles.